The van der Waals surface area contributed by atoms with Crippen LogP contribution in [0, 0.1) is 0 Å². The maximum Gasteiger partial charge on any atom is 0.425 e. The summed E-state index contributed by atoms with van der Waals surface area (Å²) in [5.41, 5.74) is 5.80. The summed E-state index contributed by atoms with van der Waals surface area (Å²) in [7, 11) is 0. The highest BCUT2D eigenvalue weighted by Gasteiger charge is 2.32. The number of primary amides is 1. The molecule has 0 spiro atoms. The van der Waals surface area contributed by atoms with Crippen LogP contribution in [-0.4, -0.2) is 10.9 Å². The molecule has 0 aromatic carbocycles. The maximum absolute atomic E-state index is 12.6. The van der Waals surface area contributed by atoms with E-state index >= 15 is 0 Å². The lowest BCUT2D eigenvalue weighted by molar-refractivity contribution is -0.134. The Morgan fingerprint density at radius 2 is 2.17 bits per heavy atom. The van der Waals surface area contributed by atoms with Crippen molar-refractivity contribution in [3.05, 3.63) is 40.2 Å². The fraction of sp³-hybridized carbons (Fsp3) is 0.333. The topological polar surface area (TPSA) is 65.2 Å². The second-order valence-electron chi connectivity index (χ2n) is 5.05. The predicted molar refractivity (Wildman–Crippen MR) is 80.5 cm³/mol. The van der Waals surface area contributed by atoms with Crippen LogP contribution in [0.5, 0.6) is 11.6 Å². The summed E-state index contributed by atoms with van der Waals surface area (Å²) in [5.74, 6) is -0.0989. The Labute approximate surface area is 135 Å². The number of halogens is 3. The van der Waals surface area contributed by atoms with Crippen molar-refractivity contribution in [3.63, 3.8) is 0 Å². The standard InChI is InChI=1S/C15H15F3N2O2S/c1-9(5-6-13(19)21)11-3-2-4-14(20-11)22-10-7-12(23-8-10)15(16,17)18/h2-4,7-9H,5-6H2,1H3,(H2,19,21). The molecule has 0 saturated heterocycles. The van der Waals surface area contributed by atoms with Gasteiger partial charge in [-0.3, -0.25) is 4.79 Å². The minimum absolute atomic E-state index is 0.0146. The molecule has 1 atom stereocenters. The molecular weight excluding hydrogens is 329 g/mol. The molecule has 0 fully saturated rings. The predicted octanol–water partition coefficient (Wildman–Crippen LogP) is 4.32. The third-order valence-corrected chi connectivity index (χ3v) is 4.10. The summed E-state index contributed by atoms with van der Waals surface area (Å²) in [6.45, 7) is 1.89. The molecule has 2 heterocycles. The van der Waals surface area contributed by atoms with Crippen LogP contribution < -0.4 is 10.5 Å². The number of nitrogens with zero attached hydrogens (tertiary/aromatic N) is 1. The van der Waals surface area contributed by atoms with Gasteiger partial charge in [0.25, 0.3) is 0 Å². The summed E-state index contributed by atoms with van der Waals surface area (Å²) in [5, 5.41) is 1.29. The van der Waals surface area contributed by atoms with E-state index < -0.39 is 11.1 Å². The van der Waals surface area contributed by atoms with Crippen LogP contribution in [0.1, 0.15) is 36.3 Å². The summed E-state index contributed by atoms with van der Waals surface area (Å²) >= 11 is 0.568. The smallest absolute Gasteiger partial charge is 0.425 e. The molecule has 0 bridgehead atoms. The zero-order valence-electron chi connectivity index (χ0n) is 12.3. The first-order chi connectivity index (χ1) is 10.8. The maximum atomic E-state index is 12.6. The average molecular weight is 344 g/mol. The number of thiophene rings is 1. The van der Waals surface area contributed by atoms with E-state index in [9.17, 15) is 18.0 Å². The van der Waals surface area contributed by atoms with E-state index in [2.05, 4.69) is 4.98 Å². The highest BCUT2D eigenvalue weighted by atomic mass is 32.1. The van der Waals surface area contributed by atoms with Crippen LogP contribution in [0.4, 0.5) is 13.2 Å². The van der Waals surface area contributed by atoms with Crippen LogP contribution in [0.3, 0.4) is 0 Å². The number of carbonyl (C=O) groups is 1. The fourth-order valence-corrected chi connectivity index (χ4v) is 2.59. The largest absolute Gasteiger partial charge is 0.438 e. The minimum atomic E-state index is -4.38. The van der Waals surface area contributed by atoms with E-state index in [0.29, 0.717) is 23.5 Å². The Bertz CT molecular complexity index is 685. The number of nitrogens with two attached hydrogens (primary N) is 1. The number of hydrogen-bond donors (Lipinski definition) is 1. The molecule has 23 heavy (non-hydrogen) atoms. The number of rotatable bonds is 6. The number of hydrogen-bond acceptors (Lipinski definition) is 4. The highest BCUT2D eigenvalue weighted by Crippen LogP contribution is 2.37. The van der Waals surface area contributed by atoms with Crippen molar-refractivity contribution < 1.29 is 22.7 Å². The third kappa shape index (κ3) is 4.95. The van der Waals surface area contributed by atoms with E-state index in [1.807, 2.05) is 6.92 Å². The zero-order chi connectivity index (χ0) is 17.0. The molecule has 8 heteroatoms. The van der Waals surface area contributed by atoms with Crippen molar-refractivity contribution in [3.8, 4) is 11.6 Å². The summed E-state index contributed by atoms with van der Waals surface area (Å²) in [6.07, 6.45) is -3.60. The van der Waals surface area contributed by atoms with Crippen LogP contribution in [0.25, 0.3) is 0 Å². The van der Waals surface area contributed by atoms with Crippen LogP contribution in [0.15, 0.2) is 29.6 Å². The fourth-order valence-electron chi connectivity index (χ4n) is 1.91. The van der Waals surface area contributed by atoms with Gasteiger partial charge in [-0.15, -0.1) is 11.3 Å². The molecule has 124 valence electrons. The molecule has 1 unspecified atom stereocenters. The van der Waals surface area contributed by atoms with Gasteiger partial charge in [0.05, 0.1) is 0 Å². The molecule has 1 amide bonds. The van der Waals surface area contributed by atoms with Crippen molar-refractivity contribution in [1.29, 1.82) is 0 Å². The molecule has 0 aliphatic carbocycles. The van der Waals surface area contributed by atoms with E-state index in [-0.39, 0.29) is 29.9 Å². The summed E-state index contributed by atoms with van der Waals surface area (Å²) < 4.78 is 43.1. The van der Waals surface area contributed by atoms with Crippen molar-refractivity contribution in [2.75, 3.05) is 0 Å². The first-order valence-electron chi connectivity index (χ1n) is 6.84. The molecule has 0 aliphatic heterocycles. The monoisotopic (exact) mass is 344 g/mol. The van der Waals surface area contributed by atoms with Crippen LogP contribution in [-0.2, 0) is 11.0 Å². The van der Waals surface area contributed by atoms with Gasteiger partial charge in [-0.1, -0.05) is 13.0 Å². The lowest BCUT2D eigenvalue weighted by Gasteiger charge is -2.11. The first kappa shape index (κ1) is 17.3. The molecule has 0 aliphatic rings. The average Bonchev–Trinajstić information content (AvgIpc) is 2.93. The van der Waals surface area contributed by atoms with Gasteiger partial charge in [0.2, 0.25) is 11.8 Å². The number of pyridine rings is 1. The van der Waals surface area contributed by atoms with Crippen molar-refractivity contribution in [2.45, 2.75) is 31.9 Å². The van der Waals surface area contributed by atoms with Gasteiger partial charge in [-0.25, -0.2) is 4.98 Å². The molecule has 2 aromatic heterocycles. The minimum Gasteiger partial charge on any atom is -0.438 e. The molecular formula is C15H15F3N2O2S. The Kier molecular flexibility index (Phi) is 5.25. The van der Waals surface area contributed by atoms with Crippen LogP contribution in [0.2, 0.25) is 0 Å². The van der Waals surface area contributed by atoms with Crippen LogP contribution >= 0.6 is 11.3 Å². The molecule has 2 rings (SSSR count). The quantitative estimate of drug-likeness (QED) is 0.848. The number of alkyl halides is 3. The lowest BCUT2D eigenvalue weighted by Crippen LogP contribution is -2.11. The Morgan fingerprint density at radius 1 is 1.43 bits per heavy atom. The third-order valence-electron chi connectivity index (χ3n) is 3.15. The normalized spacial score (nSPS) is 12.9. The van der Waals surface area contributed by atoms with Crippen molar-refractivity contribution >= 4 is 17.2 Å². The van der Waals surface area contributed by atoms with Gasteiger partial charge in [0.1, 0.15) is 10.6 Å². The zero-order valence-corrected chi connectivity index (χ0v) is 13.1. The second-order valence-corrected chi connectivity index (χ2v) is 5.96. The van der Waals surface area contributed by atoms with E-state index in [0.717, 1.165) is 6.07 Å². The van der Waals surface area contributed by atoms with Gasteiger partial charge in [-0.2, -0.15) is 13.2 Å². The van der Waals surface area contributed by atoms with Gasteiger partial charge in [0, 0.05) is 29.6 Å². The summed E-state index contributed by atoms with van der Waals surface area (Å²) in [4.78, 5) is 14.4. The van der Waals surface area contributed by atoms with Gasteiger partial charge >= 0.3 is 6.18 Å². The van der Waals surface area contributed by atoms with Gasteiger partial charge < -0.3 is 10.5 Å². The van der Waals surface area contributed by atoms with Gasteiger partial charge in [-0.05, 0) is 18.4 Å². The molecule has 0 radical (unpaired) electrons. The van der Waals surface area contributed by atoms with Crippen molar-refractivity contribution in [2.24, 2.45) is 5.73 Å². The Morgan fingerprint density at radius 3 is 2.78 bits per heavy atom. The van der Waals surface area contributed by atoms with E-state index in [1.54, 1.807) is 18.2 Å². The number of aromatic nitrogens is 1. The summed E-state index contributed by atoms with van der Waals surface area (Å²) in [6, 6.07) is 5.98. The molecule has 2 aromatic rings. The first-order valence-corrected chi connectivity index (χ1v) is 7.72. The Hall–Kier alpha value is -2.09. The molecule has 4 nitrogen and oxygen atoms in total. The van der Waals surface area contributed by atoms with E-state index in [4.69, 9.17) is 10.5 Å². The molecule has 0 saturated carbocycles. The number of ether oxygens (including phenoxy) is 1. The lowest BCUT2D eigenvalue weighted by atomic mass is 10.0. The number of carbonyl (C=O) groups excluding carboxylic acids is 1. The van der Waals surface area contributed by atoms with Gasteiger partial charge in [0.15, 0.2) is 0 Å². The second kappa shape index (κ2) is 6.99. The van der Waals surface area contributed by atoms with E-state index in [1.165, 1.54) is 5.38 Å². The number of amides is 1. The van der Waals surface area contributed by atoms with Crippen molar-refractivity contribution in [1.82, 2.24) is 4.98 Å². The highest BCUT2D eigenvalue weighted by molar-refractivity contribution is 7.10. The molecule has 2 N–H and O–H groups in total. The Balaban J connectivity index is 2.08. The SMILES string of the molecule is CC(CCC(N)=O)c1cccc(Oc2csc(C(F)(F)F)c2)n1.